The normalized spacial score (nSPS) is 12.0. The molecule has 4 rings (SSSR count). The second-order valence-electron chi connectivity index (χ2n) is 11.7. The molecule has 1 N–H and O–H groups in total. The topological polar surface area (TPSA) is 86.8 Å². The molecule has 0 saturated heterocycles. The minimum Gasteiger partial charge on any atom is -0.354 e. The van der Waals surface area contributed by atoms with Crippen molar-refractivity contribution >= 4 is 39.1 Å². The zero-order valence-electron chi connectivity index (χ0n) is 26.1. The molecule has 0 aliphatic carbocycles. The van der Waals surface area contributed by atoms with E-state index in [1.165, 1.54) is 17.0 Å². The standard InChI is InChI=1S/C36H40ClN3O4S/c1-26(2)23-38-36(42)34(22-29-8-6-5-7-9-29)39(24-30-14-10-27(3)11-15-30)35(41)25-40(32-18-16-31(37)17-19-32)45(43,44)33-20-12-28(4)13-21-33/h5-21,26,34H,22-25H2,1-4H3,(H,38,42). The molecule has 4 aromatic rings. The largest absolute Gasteiger partial charge is 0.354 e. The van der Waals surface area contributed by atoms with Crippen LogP contribution in [0.4, 0.5) is 5.69 Å². The second kappa shape index (κ2) is 15.2. The quantitative estimate of drug-likeness (QED) is 0.178. The highest BCUT2D eigenvalue weighted by Gasteiger charge is 2.34. The highest BCUT2D eigenvalue weighted by atomic mass is 35.5. The molecule has 0 heterocycles. The number of benzene rings is 4. The number of nitrogens with one attached hydrogen (secondary N) is 1. The van der Waals surface area contributed by atoms with Gasteiger partial charge in [-0.25, -0.2) is 8.42 Å². The maximum atomic E-state index is 14.5. The third-order valence-electron chi connectivity index (χ3n) is 7.43. The number of halogens is 1. The van der Waals surface area contributed by atoms with Crippen LogP contribution in [-0.4, -0.2) is 44.3 Å². The fraction of sp³-hybridized carbons (Fsp3) is 0.278. The van der Waals surface area contributed by atoms with Crippen molar-refractivity contribution in [1.82, 2.24) is 10.2 Å². The van der Waals surface area contributed by atoms with Crippen molar-refractivity contribution in [1.29, 1.82) is 0 Å². The molecule has 236 valence electrons. The molecule has 9 heteroatoms. The minimum absolute atomic E-state index is 0.0523. The van der Waals surface area contributed by atoms with Gasteiger partial charge in [-0.05, 0) is 67.3 Å². The Morgan fingerprint density at radius 1 is 0.778 bits per heavy atom. The highest BCUT2D eigenvalue weighted by molar-refractivity contribution is 7.92. The van der Waals surface area contributed by atoms with Crippen LogP contribution in [0.25, 0.3) is 0 Å². The monoisotopic (exact) mass is 645 g/mol. The summed E-state index contributed by atoms with van der Waals surface area (Å²) in [4.78, 5) is 29.9. The van der Waals surface area contributed by atoms with Crippen molar-refractivity contribution in [3.8, 4) is 0 Å². The zero-order valence-corrected chi connectivity index (χ0v) is 27.7. The molecule has 2 amide bonds. The average Bonchev–Trinajstić information content (AvgIpc) is 3.02. The van der Waals surface area contributed by atoms with Gasteiger partial charge in [-0.15, -0.1) is 0 Å². The fourth-order valence-electron chi connectivity index (χ4n) is 4.84. The maximum absolute atomic E-state index is 14.5. The number of aryl methyl sites for hydroxylation is 2. The molecule has 1 unspecified atom stereocenters. The Morgan fingerprint density at radius 2 is 1.36 bits per heavy atom. The molecule has 0 aliphatic rings. The Hall–Kier alpha value is -4.14. The lowest BCUT2D eigenvalue weighted by Gasteiger charge is -2.34. The molecule has 0 radical (unpaired) electrons. The first-order chi connectivity index (χ1) is 21.4. The molecule has 0 fully saturated rings. The first-order valence-electron chi connectivity index (χ1n) is 15.0. The van der Waals surface area contributed by atoms with Crippen LogP contribution >= 0.6 is 11.6 Å². The van der Waals surface area contributed by atoms with Crippen molar-refractivity contribution in [2.45, 2.75) is 51.6 Å². The van der Waals surface area contributed by atoms with Gasteiger partial charge in [-0.2, -0.15) is 0 Å². The molecule has 1 atom stereocenters. The van der Waals surface area contributed by atoms with Gasteiger partial charge < -0.3 is 10.2 Å². The molecular formula is C36H40ClN3O4S. The van der Waals surface area contributed by atoms with Gasteiger partial charge in [0.1, 0.15) is 12.6 Å². The minimum atomic E-state index is -4.17. The second-order valence-corrected chi connectivity index (χ2v) is 14.0. The fourth-order valence-corrected chi connectivity index (χ4v) is 6.38. The summed E-state index contributed by atoms with van der Waals surface area (Å²) in [6.07, 6.45) is 0.258. The van der Waals surface area contributed by atoms with Crippen molar-refractivity contribution in [3.63, 3.8) is 0 Å². The molecule has 0 bridgehead atoms. The number of amides is 2. The predicted molar refractivity (Wildman–Crippen MR) is 181 cm³/mol. The van der Waals surface area contributed by atoms with Gasteiger partial charge in [-0.1, -0.05) is 103 Å². The lowest BCUT2D eigenvalue weighted by atomic mass is 10.0. The van der Waals surface area contributed by atoms with Crippen LogP contribution in [0.5, 0.6) is 0 Å². The Bertz CT molecular complexity index is 1680. The molecule has 0 aromatic heterocycles. The molecule has 0 aliphatic heterocycles. The van der Waals surface area contributed by atoms with E-state index >= 15 is 0 Å². The van der Waals surface area contributed by atoms with Crippen LogP contribution in [-0.2, 0) is 32.6 Å². The van der Waals surface area contributed by atoms with Crippen LogP contribution < -0.4 is 9.62 Å². The number of carbonyl (C=O) groups excluding carboxylic acids is 2. The van der Waals surface area contributed by atoms with Crippen LogP contribution in [0.2, 0.25) is 5.02 Å². The Kier molecular flexibility index (Phi) is 11.4. The van der Waals surface area contributed by atoms with Gasteiger partial charge in [0.2, 0.25) is 11.8 Å². The number of hydrogen-bond acceptors (Lipinski definition) is 4. The Balaban J connectivity index is 1.79. The van der Waals surface area contributed by atoms with Crippen molar-refractivity contribution in [2.75, 3.05) is 17.4 Å². The van der Waals surface area contributed by atoms with Gasteiger partial charge in [0.25, 0.3) is 10.0 Å². The Morgan fingerprint density at radius 3 is 1.93 bits per heavy atom. The summed E-state index contributed by atoms with van der Waals surface area (Å²) < 4.78 is 29.3. The summed E-state index contributed by atoms with van der Waals surface area (Å²) >= 11 is 6.14. The summed E-state index contributed by atoms with van der Waals surface area (Å²) in [7, 11) is -4.17. The van der Waals surface area contributed by atoms with Gasteiger partial charge in [-0.3, -0.25) is 13.9 Å². The third kappa shape index (κ3) is 9.19. The van der Waals surface area contributed by atoms with E-state index in [2.05, 4.69) is 5.32 Å². The average molecular weight is 646 g/mol. The third-order valence-corrected chi connectivity index (χ3v) is 9.47. The van der Waals surface area contributed by atoms with Gasteiger partial charge in [0.15, 0.2) is 0 Å². The number of rotatable bonds is 13. The maximum Gasteiger partial charge on any atom is 0.264 e. The van der Waals surface area contributed by atoms with Crippen molar-refractivity contribution in [3.05, 3.63) is 130 Å². The molecule has 0 saturated carbocycles. The molecule has 0 spiro atoms. The number of nitrogens with zero attached hydrogens (tertiary/aromatic N) is 2. The number of carbonyl (C=O) groups is 2. The van der Waals surface area contributed by atoms with E-state index < -0.39 is 28.5 Å². The lowest BCUT2D eigenvalue weighted by molar-refractivity contribution is -0.140. The number of anilines is 1. The van der Waals surface area contributed by atoms with E-state index in [1.54, 1.807) is 36.4 Å². The summed E-state index contributed by atoms with van der Waals surface area (Å²) in [6, 6.07) is 29.1. The van der Waals surface area contributed by atoms with Crippen molar-refractivity contribution in [2.24, 2.45) is 5.92 Å². The molecular weight excluding hydrogens is 606 g/mol. The SMILES string of the molecule is Cc1ccc(CN(C(=O)CN(c2ccc(Cl)cc2)S(=O)(=O)c2ccc(C)cc2)C(Cc2ccccc2)C(=O)NCC(C)C)cc1. The Labute approximate surface area is 271 Å². The summed E-state index contributed by atoms with van der Waals surface area (Å²) in [5, 5.41) is 3.44. The van der Waals surface area contributed by atoms with E-state index in [1.807, 2.05) is 82.3 Å². The van der Waals surface area contributed by atoms with Gasteiger partial charge in [0.05, 0.1) is 10.6 Å². The first kappa shape index (κ1) is 33.7. The smallest absolute Gasteiger partial charge is 0.264 e. The van der Waals surface area contributed by atoms with Gasteiger partial charge in [0, 0.05) is 24.5 Å². The van der Waals surface area contributed by atoms with Crippen molar-refractivity contribution < 1.29 is 18.0 Å². The molecule has 7 nitrogen and oxygen atoms in total. The first-order valence-corrected chi connectivity index (χ1v) is 16.8. The van der Waals surface area contributed by atoms with Crippen LogP contribution in [0.15, 0.2) is 108 Å². The number of sulfonamides is 1. The summed E-state index contributed by atoms with van der Waals surface area (Å²) in [5.74, 6) is -0.609. The van der Waals surface area contributed by atoms with Crippen LogP contribution in [0.3, 0.4) is 0 Å². The van der Waals surface area contributed by atoms with E-state index in [0.29, 0.717) is 11.6 Å². The molecule has 45 heavy (non-hydrogen) atoms. The molecule has 4 aromatic carbocycles. The van der Waals surface area contributed by atoms with E-state index in [-0.39, 0.29) is 35.4 Å². The van der Waals surface area contributed by atoms with E-state index in [9.17, 15) is 18.0 Å². The predicted octanol–water partition coefficient (Wildman–Crippen LogP) is 6.56. The van der Waals surface area contributed by atoms with E-state index in [4.69, 9.17) is 11.6 Å². The highest BCUT2D eigenvalue weighted by Crippen LogP contribution is 2.27. The number of hydrogen-bond donors (Lipinski definition) is 1. The zero-order chi connectivity index (χ0) is 32.6. The van der Waals surface area contributed by atoms with E-state index in [0.717, 1.165) is 26.6 Å². The van der Waals surface area contributed by atoms with Crippen LogP contribution in [0.1, 0.15) is 36.1 Å². The van der Waals surface area contributed by atoms with Gasteiger partial charge >= 0.3 is 0 Å². The summed E-state index contributed by atoms with van der Waals surface area (Å²) in [5.41, 5.74) is 3.95. The lowest BCUT2D eigenvalue weighted by Crippen LogP contribution is -2.53. The van der Waals surface area contributed by atoms with Crippen LogP contribution in [0, 0.1) is 19.8 Å². The summed E-state index contributed by atoms with van der Waals surface area (Å²) in [6.45, 7) is 7.89.